The van der Waals surface area contributed by atoms with Gasteiger partial charge >= 0.3 is 0 Å². The van der Waals surface area contributed by atoms with Crippen LogP contribution in [0.1, 0.15) is 49.9 Å². The lowest BCUT2D eigenvalue weighted by Crippen LogP contribution is -2.15. The highest BCUT2D eigenvalue weighted by Gasteiger charge is 2.37. The number of aromatic nitrogens is 2. The van der Waals surface area contributed by atoms with Crippen LogP contribution in [0.2, 0.25) is 0 Å². The molecule has 238 valence electrons. The summed E-state index contributed by atoms with van der Waals surface area (Å²) in [6.07, 6.45) is 0. The molecule has 2 heterocycles. The smallest absolute Gasteiger partial charge is 0.0544 e. The van der Waals surface area contributed by atoms with Crippen molar-refractivity contribution in [2.24, 2.45) is 0 Å². The molecule has 0 saturated carbocycles. The maximum Gasteiger partial charge on any atom is 0.0544 e. The molecule has 9 aromatic rings. The van der Waals surface area contributed by atoms with Crippen LogP contribution in [0.25, 0.3) is 77.2 Å². The molecule has 0 amide bonds. The van der Waals surface area contributed by atoms with Crippen molar-refractivity contribution in [1.29, 1.82) is 0 Å². The average Bonchev–Trinajstić information content (AvgIpc) is 3.79. The van der Waals surface area contributed by atoms with Gasteiger partial charge in [-0.2, -0.15) is 0 Å². The van der Waals surface area contributed by atoms with E-state index in [0.717, 1.165) is 0 Å². The summed E-state index contributed by atoms with van der Waals surface area (Å²) >= 11 is 0. The molecule has 7 aromatic carbocycles. The van der Waals surface area contributed by atoms with Crippen molar-refractivity contribution in [3.63, 3.8) is 0 Å². The van der Waals surface area contributed by atoms with Crippen molar-refractivity contribution in [2.45, 2.75) is 38.5 Å². The van der Waals surface area contributed by atoms with Crippen LogP contribution in [0.15, 0.2) is 146 Å². The van der Waals surface area contributed by atoms with Gasteiger partial charge in [-0.05, 0) is 99.1 Å². The summed E-state index contributed by atoms with van der Waals surface area (Å²) in [5, 5.41) is 5.12. The number of hydrogen-bond donors (Lipinski definition) is 0. The zero-order valence-electron chi connectivity index (χ0n) is 28.8. The van der Waals surface area contributed by atoms with Crippen LogP contribution in [0, 0.1) is 0 Å². The Bertz CT molecular complexity index is 2930. The predicted molar refractivity (Wildman–Crippen MR) is 210 cm³/mol. The standard InChI is InChI=1S/C48H36N2/c1-47(2)39-17-9-5-13-31(39)33-23-21-30(26-41(33)47)49-43-19-11-7-15-34(43)37-25-29(22-24-45(37)49)50-44-20-12-8-16-35(44)38-27-36-32-14-6-10-18-40(32)48(3,4)42(36)28-46(38)50/h5-28H,1-4H3. The number of rotatable bonds is 2. The second kappa shape index (κ2) is 9.43. The Morgan fingerprint density at radius 3 is 1.46 bits per heavy atom. The van der Waals surface area contributed by atoms with Crippen molar-refractivity contribution in [3.8, 4) is 33.6 Å². The van der Waals surface area contributed by atoms with Crippen molar-refractivity contribution >= 4 is 43.6 Å². The molecule has 2 aliphatic carbocycles. The molecule has 2 heteroatoms. The number of benzene rings is 7. The molecule has 0 N–H and O–H groups in total. The molecule has 50 heavy (non-hydrogen) atoms. The van der Waals surface area contributed by atoms with Gasteiger partial charge in [0.2, 0.25) is 0 Å². The SMILES string of the molecule is CC1(C)c2ccccc2-c2ccc(-n3c4ccccc4c4cc(-n5c6ccccc6c6cc7c(cc65)C(C)(C)c5ccccc5-7)ccc43)cc21. The molecule has 0 fully saturated rings. The number of hydrogen-bond acceptors (Lipinski definition) is 0. The van der Waals surface area contributed by atoms with Crippen molar-refractivity contribution in [2.75, 3.05) is 0 Å². The lowest BCUT2D eigenvalue weighted by Gasteiger charge is -2.22. The van der Waals surface area contributed by atoms with Gasteiger partial charge in [-0.1, -0.05) is 119 Å². The van der Waals surface area contributed by atoms with Gasteiger partial charge in [0.15, 0.2) is 0 Å². The number of fused-ring (bicyclic) bond motifs is 12. The van der Waals surface area contributed by atoms with Crippen LogP contribution in [-0.2, 0) is 10.8 Å². The van der Waals surface area contributed by atoms with Crippen LogP contribution in [0.4, 0.5) is 0 Å². The minimum Gasteiger partial charge on any atom is -0.309 e. The molecule has 0 bridgehead atoms. The molecule has 11 rings (SSSR count). The summed E-state index contributed by atoms with van der Waals surface area (Å²) in [4.78, 5) is 0. The molecular weight excluding hydrogens is 605 g/mol. The topological polar surface area (TPSA) is 9.86 Å². The molecular formula is C48H36N2. The van der Waals surface area contributed by atoms with Crippen molar-refractivity contribution in [3.05, 3.63) is 168 Å². The molecule has 0 spiro atoms. The van der Waals surface area contributed by atoms with E-state index in [9.17, 15) is 0 Å². The molecule has 0 radical (unpaired) electrons. The van der Waals surface area contributed by atoms with Gasteiger partial charge < -0.3 is 9.13 Å². The Labute approximate surface area is 291 Å². The summed E-state index contributed by atoms with van der Waals surface area (Å²) in [6.45, 7) is 9.47. The second-order valence-electron chi connectivity index (χ2n) is 15.4. The zero-order chi connectivity index (χ0) is 33.5. The summed E-state index contributed by atoms with van der Waals surface area (Å²) in [6, 6.07) is 54.7. The Balaban J connectivity index is 1.15. The maximum absolute atomic E-state index is 2.49. The van der Waals surface area contributed by atoms with E-state index in [4.69, 9.17) is 0 Å². The molecule has 0 atom stereocenters. The highest BCUT2D eigenvalue weighted by atomic mass is 15.0. The van der Waals surface area contributed by atoms with E-state index < -0.39 is 0 Å². The first-order valence-electron chi connectivity index (χ1n) is 17.8. The van der Waals surface area contributed by atoms with E-state index in [2.05, 4.69) is 182 Å². The summed E-state index contributed by atoms with van der Waals surface area (Å²) in [5.41, 5.74) is 18.2. The third-order valence-corrected chi connectivity index (χ3v) is 12.1. The summed E-state index contributed by atoms with van der Waals surface area (Å²) < 4.78 is 4.96. The van der Waals surface area contributed by atoms with Gasteiger partial charge in [0.1, 0.15) is 0 Å². The minimum atomic E-state index is -0.0649. The van der Waals surface area contributed by atoms with Gasteiger partial charge in [0, 0.05) is 43.7 Å². The maximum atomic E-state index is 2.49. The van der Waals surface area contributed by atoms with Crippen molar-refractivity contribution < 1.29 is 0 Å². The van der Waals surface area contributed by atoms with E-state index in [-0.39, 0.29) is 10.8 Å². The number of nitrogens with zero attached hydrogens (tertiary/aromatic N) is 2. The third kappa shape index (κ3) is 3.43. The first kappa shape index (κ1) is 28.0. The molecule has 0 aliphatic heterocycles. The average molecular weight is 641 g/mol. The Morgan fingerprint density at radius 1 is 0.320 bits per heavy atom. The summed E-state index contributed by atoms with van der Waals surface area (Å²) in [7, 11) is 0. The van der Waals surface area contributed by atoms with Crippen LogP contribution >= 0.6 is 0 Å². The highest BCUT2D eigenvalue weighted by molar-refractivity contribution is 6.13. The third-order valence-electron chi connectivity index (χ3n) is 12.1. The predicted octanol–water partition coefficient (Wildman–Crippen LogP) is 12.5. The normalized spacial score (nSPS) is 15.1. The van der Waals surface area contributed by atoms with Crippen molar-refractivity contribution in [1.82, 2.24) is 9.13 Å². The first-order valence-corrected chi connectivity index (χ1v) is 17.8. The quantitative estimate of drug-likeness (QED) is 0.178. The molecule has 0 unspecified atom stereocenters. The van der Waals surface area contributed by atoms with Crippen LogP contribution in [0.3, 0.4) is 0 Å². The van der Waals surface area contributed by atoms with E-state index >= 15 is 0 Å². The lowest BCUT2D eigenvalue weighted by molar-refractivity contribution is 0.660. The lowest BCUT2D eigenvalue weighted by atomic mass is 9.82. The van der Waals surface area contributed by atoms with E-state index in [1.807, 2.05) is 0 Å². The van der Waals surface area contributed by atoms with Gasteiger partial charge in [0.25, 0.3) is 0 Å². The summed E-state index contributed by atoms with van der Waals surface area (Å²) in [5.74, 6) is 0. The molecule has 2 nitrogen and oxygen atoms in total. The molecule has 2 aliphatic rings. The first-order chi connectivity index (χ1) is 24.3. The fourth-order valence-electron chi connectivity index (χ4n) is 9.65. The van der Waals surface area contributed by atoms with Gasteiger partial charge in [-0.15, -0.1) is 0 Å². The highest BCUT2D eigenvalue weighted by Crippen LogP contribution is 2.52. The second-order valence-corrected chi connectivity index (χ2v) is 15.4. The minimum absolute atomic E-state index is 0.0550. The van der Waals surface area contributed by atoms with E-state index in [1.165, 1.54) is 99.5 Å². The van der Waals surface area contributed by atoms with Gasteiger partial charge in [-0.25, -0.2) is 0 Å². The van der Waals surface area contributed by atoms with E-state index in [0.29, 0.717) is 0 Å². The molecule has 2 aromatic heterocycles. The fourth-order valence-corrected chi connectivity index (χ4v) is 9.65. The van der Waals surface area contributed by atoms with E-state index in [1.54, 1.807) is 0 Å². The Hall–Kier alpha value is -5.86. The van der Waals surface area contributed by atoms with Gasteiger partial charge in [0.05, 0.1) is 22.1 Å². The fraction of sp³-hybridized carbons (Fsp3) is 0.125. The monoisotopic (exact) mass is 640 g/mol. The van der Waals surface area contributed by atoms with Crippen LogP contribution in [-0.4, -0.2) is 9.13 Å². The van der Waals surface area contributed by atoms with Gasteiger partial charge in [-0.3, -0.25) is 0 Å². The largest absolute Gasteiger partial charge is 0.309 e. The Kier molecular flexibility index (Phi) is 5.28. The zero-order valence-corrected chi connectivity index (χ0v) is 28.8. The van der Waals surface area contributed by atoms with Crippen LogP contribution < -0.4 is 0 Å². The molecule has 0 saturated heterocycles. The van der Waals surface area contributed by atoms with Crippen LogP contribution in [0.5, 0.6) is 0 Å². The Morgan fingerprint density at radius 2 is 0.780 bits per heavy atom. The number of para-hydroxylation sites is 2.